The molecule has 290 valence electrons. The molecule has 0 radical (unpaired) electrons. The molecule has 0 atom stereocenters. The maximum absolute atomic E-state index is 5.27. The molecular formula is C58H38N4. The van der Waals surface area contributed by atoms with Crippen molar-refractivity contribution in [1.29, 1.82) is 0 Å². The summed E-state index contributed by atoms with van der Waals surface area (Å²) in [5, 5.41) is 4.89. The van der Waals surface area contributed by atoms with Crippen molar-refractivity contribution in [2.75, 3.05) is 0 Å². The van der Waals surface area contributed by atoms with Crippen molar-refractivity contribution in [3.63, 3.8) is 0 Å². The van der Waals surface area contributed by atoms with Crippen LogP contribution in [0.1, 0.15) is 0 Å². The standard InChI is InChI=1S/C58H38N4/c1-4-17-39(18-5-1)42-31-33-57-50(36-42)48-27-12-15-30-55(48)62(57)56-34-32-44(58-59-51(40-19-6-2-7-20-40)38-52(60-58)41-21-8-3-9-22-41)37-49(56)43-23-16-24-45(35-43)61-53-28-13-10-25-46(53)47-26-11-14-29-54(47)61/h1-38H. The molecule has 62 heavy (non-hydrogen) atoms. The Kier molecular flexibility index (Phi) is 8.46. The smallest absolute Gasteiger partial charge is 0.160 e. The minimum atomic E-state index is 0.672. The Hall–Kier alpha value is -8.34. The average Bonchev–Trinajstić information content (AvgIpc) is 3.87. The quantitative estimate of drug-likeness (QED) is 0.161. The molecule has 0 N–H and O–H groups in total. The third kappa shape index (κ3) is 6.00. The molecule has 0 aliphatic carbocycles. The van der Waals surface area contributed by atoms with Gasteiger partial charge in [-0.05, 0) is 83.4 Å². The second kappa shape index (κ2) is 14.7. The predicted molar refractivity (Wildman–Crippen MR) is 258 cm³/mol. The lowest BCUT2D eigenvalue weighted by atomic mass is 9.98. The Morgan fingerprint density at radius 1 is 0.274 bits per heavy atom. The summed E-state index contributed by atoms with van der Waals surface area (Å²) in [6, 6.07) is 82.2. The highest BCUT2D eigenvalue weighted by molar-refractivity contribution is 6.11. The molecule has 9 aromatic carbocycles. The van der Waals surface area contributed by atoms with Gasteiger partial charge in [-0.2, -0.15) is 0 Å². The van der Waals surface area contributed by atoms with Gasteiger partial charge >= 0.3 is 0 Å². The van der Waals surface area contributed by atoms with E-state index >= 15 is 0 Å². The molecule has 0 fully saturated rings. The topological polar surface area (TPSA) is 35.6 Å². The van der Waals surface area contributed by atoms with Crippen LogP contribution in [0.3, 0.4) is 0 Å². The van der Waals surface area contributed by atoms with Gasteiger partial charge < -0.3 is 9.13 Å². The maximum Gasteiger partial charge on any atom is 0.160 e. The van der Waals surface area contributed by atoms with Crippen LogP contribution in [0, 0.1) is 0 Å². The molecule has 0 saturated carbocycles. The lowest BCUT2D eigenvalue weighted by Crippen LogP contribution is -2.01. The fourth-order valence-corrected chi connectivity index (χ4v) is 9.25. The molecule has 0 unspecified atom stereocenters. The summed E-state index contributed by atoms with van der Waals surface area (Å²) >= 11 is 0. The predicted octanol–water partition coefficient (Wildman–Crippen LogP) is 15.0. The molecule has 0 amide bonds. The molecule has 3 heterocycles. The number of para-hydroxylation sites is 3. The van der Waals surface area contributed by atoms with E-state index in [0.29, 0.717) is 5.82 Å². The van der Waals surface area contributed by atoms with Crippen LogP contribution in [0.25, 0.3) is 111 Å². The Bertz CT molecular complexity index is 3510. The fraction of sp³-hybridized carbons (Fsp3) is 0. The van der Waals surface area contributed by atoms with Crippen molar-refractivity contribution < 1.29 is 0 Å². The lowest BCUT2D eigenvalue weighted by molar-refractivity contribution is 1.16. The molecule has 4 heteroatoms. The van der Waals surface area contributed by atoms with Crippen LogP contribution in [0.5, 0.6) is 0 Å². The zero-order valence-corrected chi connectivity index (χ0v) is 33.7. The number of rotatable bonds is 7. The number of fused-ring (bicyclic) bond motifs is 6. The van der Waals surface area contributed by atoms with E-state index in [1.807, 2.05) is 12.1 Å². The van der Waals surface area contributed by atoms with Crippen molar-refractivity contribution in [2.45, 2.75) is 0 Å². The summed E-state index contributed by atoms with van der Waals surface area (Å²) < 4.78 is 4.82. The van der Waals surface area contributed by atoms with Crippen molar-refractivity contribution in [2.24, 2.45) is 0 Å². The van der Waals surface area contributed by atoms with Gasteiger partial charge in [0, 0.05) is 49.5 Å². The summed E-state index contributed by atoms with van der Waals surface area (Å²) in [5.74, 6) is 0.672. The van der Waals surface area contributed by atoms with Crippen molar-refractivity contribution in [1.82, 2.24) is 19.1 Å². The molecule has 0 aliphatic rings. The molecule has 0 spiro atoms. The Labute approximate surface area is 359 Å². The van der Waals surface area contributed by atoms with Gasteiger partial charge in [0.25, 0.3) is 0 Å². The fourth-order valence-electron chi connectivity index (χ4n) is 9.25. The Balaban J connectivity index is 1.12. The van der Waals surface area contributed by atoms with E-state index in [1.165, 1.54) is 43.7 Å². The van der Waals surface area contributed by atoms with Crippen LogP contribution in [0.4, 0.5) is 0 Å². The third-order valence-corrected chi connectivity index (χ3v) is 12.1. The number of hydrogen-bond acceptors (Lipinski definition) is 2. The molecule has 0 saturated heterocycles. The van der Waals surface area contributed by atoms with Gasteiger partial charge in [-0.25, -0.2) is 9.97 Å². The minimum Gasteiger partial charge on any atom is -0.309 e. The molecule has 3 aromatic heterocycles. The monoisotopic (exact) mass is 790 g/mol. The van der Waals surface area contributed by atoms with Crippen LogP contribution in [0.15, 0.2) is 231 Å². The second-order valence-corrected chi connectivity index (χ2v) is 15.8. The van der Waals surface area contributed by atoms with Crippen molar-refractivity contribution in [3.8, 4) is 67.5 Å². The number of nitrogens with zero attached hydrogens (tertiary/aromatic N) is 4. The van der Waals surface area contributed by atoms with Crippen LogP contribution in [-0.2, 0) is 0 Å². The van der Waals surface area contributed by atoms with Gasteiger partial charge in [0.05, 0.1) is 39.1 Å². The van der Waals surface area contributed by atoms with E-state index in [4.69, 9.17) is 9.97 Å². The highest BCUT2D eigenvalue weighted by Crippen LogP contribution is 2.41. The molecule has 4 nitrogen and oxygen atoms in total. The first-order valence-corrected chi connectivity index (χ1v) is 21.1. The molecule has 12 rings (SSSR count). The van der Waals surface area contributed by atoms with E-state index in [1.54, 1.807) is 0 Å². The van der Waals surface area contributed by atoms with E-state index < -0.39 is 0 Å². The van der Waals surface area contributed by atoms with E-state index in [9.17, 15) is 0 Å². The van der Waals surface area contributed by atoms with Gasteiger partial charge in [0.1, 0.15) is 0 Å². The summed E-state index contributed by atoms with van der Waals surface area (Å²) in [4.78, 5) is 10.5. The maximum atomic E-state index is 5.27. The molecule has 0 bridgehead atoms. The first-order valence-electron chi connectivity index (χ1n) is 21.1. The Morgan fingerprint density at radius 2 is 0.758 bits per heavy atom. The van der Waals surface area contributed by atoms with Crippen molar-refractivity contribution in [3.05, 3.63) is 231 Å². The van der Waals surface area contributed by atoms with Gasteiger partial charge in [-0.1, -0.05) is 164 Å². The van der Waals surface area contributed by atoms with Gasteiger partial charge in [0.2, 0.25) is 0 Å². The number of benzene rings is 9. The van der Waals surface area contributed by atoms with E-state index in [2.05, 4.69) is 228 Å². The highest BCUT2D eigenvalue weighted by atomic mass is 15.0. The molecular weight excluding hydrogens is 753 g/mol. The molecule has 0 aliphatic heterocycles. The molecule has 12 aromatic rings. The zero-order chi connectivity index (χ0) is 41.0. The lowest BCUT2D eigenvalue weighted by Gasteiger charge is -2.17. The van der Waals surface area contributed by atoms with Gasteiger partial charge in [0.15, 0.2) is 5.82 Å². The average molecular weight is 791 g/mol. The van der Waals surface area contributed by atoms with E-state index in [0.717, 1.165) is 61.6 Å². The second-order valence-electron chi connectivity index (χ2n) is 15.8. The Morgan fingerprint density at radius 3 is 1.37 bits per heavy atom. The normalized spacial score (nSPS) is 11.5. The summed E-state index contributed by atoms with van der Waals surface area (Å²) in [7, 11) is 0. The highest BCUT2D eigenvalue weighted by Gasteiger charge is 2.20. The third-order valence-electron chi connectivity index (χ3n) is 12.1. The SMILES string of the molecule is c1ccc(-c2ccc3c(c2)c2ccccc2n3-c2ccc(-c3nc(-c4ccccc4)cc(-c4ccccc4)n3)cc2-c2cccc(-n3c4ccccc4c4ccccc43)c2)cc1. The van der Waals surface area contributed by atoms with E-state index in [-0.39, 0.29) is 0 Å². The van der Waals surface area contributed by atoms with Crippen molar-refractivity contribution >= 4 is 43.6 Å². The minimum absolute atomic E-state index is 0.672. The van der Waals surface area contributed by atoms with Crippen LogP contribution in [-0.4, -0.2) is 19.1 Å². The van der Waals surface area contributed by atoms with Gasteiger partial charge in [-0.15, -0.1) is 0 Å². The first-order chi connectivity index (χ1) is 30.7. The zero-order valence-electron chi connectivity index (χ0n) is 33.7. The van der Waals surface area contributed by atoms with Crippen LogP contribution in [0.2, 0.25) is 0 Å². The number of aromatic nitrogens is 4. The summed E-state index contributed by atoms with van der Waals surface area (Å²) in [6.07, 6.45) is 0. The van der Waals surface area contributed by atoms with Gasteiger partial charge in [-0.3, -0.25) is 0 Å². The number of hydrogen-bond donors (Lipinski definition) is 0. The summed E-state index contributed by atoms with van der Waals surface area (Å²) in [5.41, 5.74) is 16.2. The first kappa shape index (κ1) is 35.6. The largest absolute Gasteiger partial charge is 0.309 e. The van der Waals surface area contributed by atoms with Crippen LogP contribution < -0.4 is 0 Å². The summed E-state index contributed by atoms with van der Waals surface area (Å²) in [6.45, 7) is 0. The van der Waals surface area contributed by atoms with Crippen LogP contribution >= 0.6 is 0 Å².